The van der Waals surface area contributed by atoms with Gasteiger partial charge in [-0.2, -0.15) is 13.2 Å². The first-order valence-electron chi connectivity index (χ1n) is 5.38. The van der Waals surface area contributed by atoms with E-state index < -0.39 is 12.0 Å². The van der Waals surface area contributed by atoms with Gasteiger partial charge in [0.1, 0.15) is 12.0 Å². The second-order valence-electron chi connectivity index (χ2n) is 4.05. The SMILES string of the molecule is Cc1cc2c(-n3ccnc3)nc(C(F)(F)F)nc2[nH]1. The maximum absolute atomic E-state index is 12.8. The minimum atomic E-state index is -4.59. The van der Waals surface area contributed by atoms with Gasteiger partial charge in [-0.15, -0.1) is 0 Å². The van der Waals surface area contributed by atoms with Crippen LogP contribution in [-0.2, 0) is 6.18 Å². The lowest BCUT2D eigenvalue weighted by atomic mass is 10.3. The average Bonchev–Trinajstić information content (AvgIpc) is 2.92. The molecule has 0 bridgehead atoms. The smallest absolute Gasteiger partial charge is 0.343 e. The lowest BCUT2D eigenvalue weighted by Gasteiger charge is -2.08. The molecular weight excluding hydrogens is 259 g/mol. The highest BCUT2D eigenvalue weighted by Crippen LogP contribution is 2.29. The van der Waals surface area contributed by atoms with Gasteiger partial charge in [-0.3, -0.25) is 4.57 Å². The van der Waals surface area contributed by atoms with Crippen molar-refractivity contribution in [2.45, 2.75) is 13.1 Å². The number of nitrogens with one attached hydrogen (secondary N) is 1. The topological polar surface area (TPSA) is 59.4 Å². The molecule has 0 aliphatic rings. The van der Waals surface area contributed by atoms with E-state index in [0.29, 0.717) is 11.1 Å². The number of alkyl halides is 3. The molecular formula is C11H8F3N5. The third kappa shape index (κ3) is 1.94. The second-order valence-corrected chi connectivity index (χ2v) is 4.05. The Kier molecular flexibility index (Phi) is 2.34. The van der Waals surface area contributed by atoms with Crippen molar-refractivity contribution in [1.82, 2.24) is 24.5 Å². The van der Waals surface area contributed by atoms with Gasteiger partial charge in [0.05, 0.1) is 5.39 Å². The summed E-state index contributed by atoms with van der Waals surface area (Å²) in [5, 5.41) is 0.517. The summed E-state index contributed by atoms with van der Waals surface area (Å²) in [5.41, 5.74) is 0.869. The number of aryl methyl sites for hydroxylation is 1. The maximum Gasteiger partial charge on any atom is 0.451 e. The molecule has 98 valence electrons. The standard InChI is InChI=1S/C11H8F3N5/c1-6-4-7-8(16-6)17-10(11(12,13)14)18-9(7)19-3-2-15-5-19/h2-5H,1H3,(H,16,17,18). The number of nitrogens with zero attached hydrogens (tertiary/aromatic N) is 4. The van der Waals surface area contributed by atoms with E-state index in [1.54, 1.807) is 13.0 Å². The van der Waals surface area contributed by atoms with Crippen molar-refractivity contribution >= 4 is 11.0 Å². The van der Waals surface area contributed by atoms with Gasteiger partial charge in [-0.25, -0.2) is 15.0 Å². The third-order valence-electron chi connectivity index (χ3n) is 2.60. The van der Waals surface area contributed by atoms with Gasteiger partial charge in [-0.1, -0.05) is 0 Å². The molecule has 3 heterocycles. The van der Waals surface area contributed by atoms with E-state index in [1.165, 1.54) is 23.3 Å². The number of fused-ring (bicyclic) bond motifs is 1. The number of aromatic nitrogens is 5. The van der Waals surface area contributed by atoms with Crippen molar-refractivity contribution in [3.8, 4) is 5.82 Å². The first-order chi connectivity index (χ1) is 8.95. The van der Waals surface area contributed by atoms with E-state index in [2.05, 4.69) is 19.9 Å². The minimum absolute atomic E-state index is 0.152. The predicted molar refractivity (Wildman–Crippen MR) is 60.7 cm³/mol. The summed E-state index contributed by atoms with van der Waals surface area (Å²) >= 11 is 0. The van der Waals surface area contributed by atoms with Crippen molar-refractivity contribution in [2.75, 3.05) is 0 Å². The number of hydrogen-bond acceptors (Lipinski definition) is 3. The Balaban J connectivity index is 2.34. The zero-order chi connectivity index (χ0) is 13.6. The molecule has 0 saturated carbocycles. The largest absolute Gasteiger partial charge is 0.451 e. The summed E-state index contributed by atoms with van der Waals surface area (Å²) in [6.07, 6.45) is -0.197. The molecule has 0 aromatic carbocycles. The van der Waals surface area contributed by atoms with Crippen molar-refractivity contribution in [1.29, 1.82) is 0 Å². The van der Waals surface area contributed by atoms with Gasteiger partial charge in [0.25, 0.3) is 0 Å². The van der Waals surface area contributed by atoms with Crippen molar-refractivity contribution in [3.63, 3.8) is 0 Å². The molecule has 0 aliphatic heterocycles. The fraction of sp³-hybridized carbons (Fsp3) is 0.182. The molecule has 0 spiro atoms. The molecule has 5 nitrogen and oxygen atoms in total. The second kappa shape index (κ2) is 3.81. The highest BCUT2D eigenvalue weighted by Gasteiger charge is 2.36. The third-order valence-corrected chi connectivity index (χ3v) is 2.60. The Bertz CT molecular complexity index is 727. The van der Waals surface area contributed by atoms with E-state index in [0.717, 1.165) is 0 Å². The molecule has 1 N–H and O–H groups in total. The molecule has 3 aromatic heterocycles. The molecule has 3 aromatic rings. The van der Waals surface area contributed by atoms with Gasteiger partial charge < -0.3 is 4.98 Å². The predicted octanol–water partition coefficient (Wildman–Crippen LogP) is 2.47. The summed E-state index contributed by atoms with van der Waals surface area (Å²) < 4.78 is 39.8. The Morgan fingerprint density at radius 2 is 2.05 bits per heavy atom. The van der Waals surface area contributed by atoms with E-state index in [4.69, 9.17) is 0 Å². The monoisotopic (exact) mass is 267 g/mol. The number of halogens is 3. The van der Waals surface area contributed by atoms with Gasteiger partial charge in [0.2, 0.25) is 5.82 Å². The van der Waals surface area contributed by atoms with Crippen LogP contribution in [0, 0.1) is 6.92 Å². The maximum atomic E-state index is 12.8. The number of rotatable bonds is 1. The van der Waals surface area contributed by atoms with E-state index in [9.17, 15) is 13.2 Å². The lowest BCUT2D eigenvalue weighted by molar-refractivity contribution is -0.144. The Hall–Kier alpha value is -2.38. The Labute approximate surface area is 105 Å². The number of hydrogen-bond donors (Lipinski definition) is 1. The highest BCUT2D eigenvalue weighted by atomic mass is 19.4. The van der Waals surface area contributed by atoms with Crippen LogP contribution in [0.3, 0.4) is 0 Å². The molecule has 19 heavy (non-hydrogen) atoms. The van der Waals surface area contributed by atoms with Gasteiger partial charge in [-0.05, 0) is 13.0 Å². The molecule has 0 unspecified atom stereocenters. The van der Waals surface area contributed by atoms with Gasteiger partial charge in [0.15, 0.2) is 5.82 Å². The van der Waals surface area contributed by atoms with Crippen LogP contribution < -0.4 is 0 Å². The number of H-pyrrole nitrogens is 1. The van der Waals surface area contributed by atoms with Crippen LogP contribution in [0.1, 0.15) is 11.5 Å². The van der Waals surface area contributed by atoms with Gasteiger partial charge in [0, 0.05) is 18.1 Å². The summed E-state index contributed by atoms with van der Waals surface area (Å²) in [6, 6.07) is 1.70. The summed E-state index contributed by atoms with van der Waals surface area (Å²) in [7, 11) is 0. The molecule has 8 heteroatoms. The molecule has 0 amide bonds. The summed E-state index contributed by atoms with van der Waals surface area (Å²) in [4.78, 5) is 13.7. The molecule has 0 radical (unpaired) electrons. The summed E-state index contributed by atoms with van der Waals surface area (Å²) in [6.45, 7) is 1.74. The van der Waals surface area contributed by atoms with Crippen LogP contribution in [0.25, 0.3) is 16.9 Å². The molecule has 3 rings (SSSR count). The van der Waals surface area contributed by atoms with Crippen LogP contribution >= 0.6 is 0 Å². The molecule has 0 atom stereocenters. The van der Waals surface area contributed by atoms with Crippen LogP contribution in [0.5, 0.6) is 0 Å². The first-order valence-corrected chi connectivity index (χ1v) is 5.38. The zero-order valence-electron chi connectivity index (χ0n) is 9.73. The molecule has 0 aliphatic carbocycles. The number of aromatic amines is 1. The van der Waals surface area contributed by atoms with Crippen LogP contribution in [0.4, 0.5) is 13.2 Å². The van der Waals surface area contributed by atoms with E-state index >= 15 is 0 Å². The Morgan fingerprint density at radius 3 is 2.68 bits per heavy atom. The summed E-state index contributed by atoms with van der Waals surface area (Å²) in [5.74, 6) is -1.02. The fourth-order valence-corrected chi connectivity index (χ4v) is 1.83. The molecule has 0 saturated heterocycles. The van der Waals surface area contributed by atoms with E-state index in [-0.39, 0.29) is 11.5 Å². The van der Waals surface area contributed by atoms with Crippen LogP contribution in [0.2, 0.25) is 0 Å². The normalized spacial score (nSPS) is 12.2. The van der Waals surface area contributed by atoms with Crippen molar-refractivity contribution in [3.05, 3.63) is 36.3 Å². The average molecular weight is 267 g/mol. The zero-order valence-corrected chi connectivity index (χ0v) is 9.73. The molecule has 0 fully saturated rings. The minimum Gasteiger partial charge on any atom is -0.343 e. The van der Waals surface area contributed by atoms with Gasteiger partial charge >= 0.3 is 6.18 Å². The van der Waals surface area contributed by atoms with E-state index in [1.807, 2.05) is 0 Å². The first kappa shape index (κ1) is 11.7. The van der Waals surface area contributed by atoms with Crippen molar-refractivity contribution < 1.29 is 13.2 Å². The van der Waals surface area contributed by atoms with Crippen molar-refractivity contribution in [2.24, 2.45) is 0 Å². The lowest BCUT2D eigenvalue weighted by Crippen LogP contribution is -2.13. The fourth-order valence-electron chi connectivity index (χ4n) is 1.83. The van der Waals surface area contributed by atoms with Crippen LogP contribution in [-0.4, -0.2) is 24.5 Å². The highest BCUT2D eigenvalue weighted by molar-refractivity contribution is 5.84. The Morgan fingerprint density at radius 1 is 1.26 bits per heavy atom. The number of imidazole rings is 1. The van der Waals surface area contributed by atoms with Crippen LogP contribution in [0.15, 0.2) is 24.8 Å². The quantitative estimate of drug-likeness (QED) is 0.736.